The third kappa shape index (κ3) is 3.12. The summed E-state index contributed by atoms with van der Waals surface area (Å²) in [7, 11) is 3.17. The second-order valence-corrected chi connectivity index (χ2v) is 5.98. The third-order valence-corrected chi connectivity index (χ3v) is 4.40. The summed E-state index contributed by atoms with van der Waals surface area (Å²) in [5.74, 6) is 2.57. The van der Waals surface area contributed by atoms with Crippen LogP contribution in [-0.4, -0.2) is 26.0 Å². The van der Waals surface area contributed by atoms with Gasteiger partial charge in [-0.1, -0.05) is 6.07 Å². The first kappa shape index (κ1) is 17.5. The van der Waals surface area contributed by atoms with Crippen LogP contribution in [0.4, 0.5) is 11.4 Å². The van der Waals surface area contributed by atoms with Gasteiger partial charge in [-0.05, 0) is 29.8 Å². The molecule has 0 aliphatic carbocycles. The van der Waals surface area contributed by atoms with E-state index in [1.54, 1.807) is 20.4 Å². The van der Waals surface area contributed by atoms with Crippen LogP contribution in [0.2, 0.25) is 0 Å². The lowest BCUT2D eigenvalue weighted by atomic mass is 10.0. The lowest BCUT2D eigenvalue weighted by molar-refractivity contribution is 0.174. The Morgan fingerprint density at radius 3 is 2.61 bits per heavy atom. The fraction of sp³-hybridized carbons (Fsp3) is 0.143. The minimum atomic E-state index is 0.203. The van der Waals surface area contributed by atoms with E-state index in [0.717, 1.165) is 16.8 Å². The van der Waals surface area contributed by atoms with E-state index in [9.17, 15) is 5.26 Å². The molecular weight excluding hydrogens is 358 g/mol. The van der Waals surface area contributed by atoms with Crippen molar-refractivity contribution < 1.29 is 18.9 Å². The Kier molecular flexibility index (Phi) is 4.60. The number of nitrogens with one attached hydrogen (secondary N) is 1. The second kappa shape index (κ2) is 7.37. The minimum absolute atomic E-state index is 0.203. The maximum atomic E-state index is 9.59. The normalized spacial score (nSPS) is 11.6. The van der Waals surface area contributed by atoms with Crippen LogP contribution in [0, 0.1) is 11.3 Å². The summed E-state index contributed by atoms with van der Waals surface area (Å²) >= 11 is 0. The maximum absolute atomic E-state index is 9.59. The molecule has 1 aromatic heterocycles. The molecule has 0 saturated heterocycles. The zero-order valence-electron chi connectivity index (χ0n) is 15.4. The Balaban J connectivity index is 1.78. The molecule has 0 amide bonds. The van der Waals surface area contributed by atoms with E-state index in [2.05, 4.69) is 16.4 Å². The van der Waals surface area contributed by atoms with Gasteiger partial charge in [-0.25, -0.2) is 0 Å². The zero-order chi connectivity index (χ0) is 19.5. The third-order valence-electron chi connectivity index (χ3n) is 4.40. The summed E-state index contributed by atoms with van der Waals surface area (Å²) in [6.45, 7) is 0.203. The summed E-state index contributed by atoms with van der Waals surface area (Å²) in [5, 5.41) is 12.9. The van der Waals surface area contributed by atoms with Gasteiger partial charge >= 0.3 is 0 Å². The van der Waals surface area contributed by atoms with Gasteiger partial charge in [0.1, 0.15) is 6.07 Å². The van der Waals surface area contributed by atoms with Crippen LogP contribution < -0.4 is 24.3 Å². The van der Waals surface area contributed by atoms with Crippen molar-refractivity contribution in [1.82, 2.24) is 4.98 Å². The van der Waals surface area contributed by atoms with Gasteiger partial charge in [-0.2, -0.15) is 5.26 Å². The quantitative estimate of drug-likeness (QED) is 0.718. The molecule has 7 heteroatoms. The fourth-order valence-electron chi connectivity index (χ4n) is 3.02. The molecule has 0 atom stereocenters. The van der Waals surface area contributed by atoms with E-state index in [4.69, 9.17) is 18.9 Å². The molecule has 2 heterocycles. The number of pyridine rings is 1. The summed E-state index contributed by atoms with van der Waals surface area (Å²) in [4.78, 5) is 4.21. The van der Waals surface area contributed by atoms with Crippen LogP contribution in [0.15, 0.2) is 48.8 Å². The number of methoxy groups -OCH3 is 2. The lowest BCUT2D eigenvalue weighted by Crippen LogP contribution is -1.99. The molecule has 7 nitrogen and oxygen atoms in total. The molecule has 3 aromatic rings. The molecule has 0 spiro atoms. The van der Waals surface area contributed by atoms with Gasteiger partial charge in [0.05, 0.1) is 25.5 Å². The standard InChI is InChI=1S/C21H17N3O4/c1-25-17-5-3-13(7-19(17)26-2)16-11-23-10-14(9-22)21(16)24-15-4-6-18-20(8-15)28-12-27-18/h3-8,10-11H,12H2,1-2H3,(H,23,24). The smallest absolute Gasteiger partial charge is 0.231 e. The lowest BCUT2D eigenvalue weighted by Gasteiger charge is -2.15. The molecule has 0 saturated carbocycles. The van der Waals surface area contributed by atoms with Crippen molar-refractivity contribution in [3.8, 4) is 40.2 Å². The van der Waals surface area contributed by atoms with Crippen LogP contribution in [0.5, 0.6) is 23.0 Å². The van der Waals surface area contributed by atoms with Crippen molar-refractivity contribution in [2.45, 2.75) is 0 Å². The van der Waals surface area contributed by atoms with Gasteiger partial charge in [-0.3, -0.25) is 4.98 Å². The van der Waals surface area contributed by atoms with E-state index in [1.165, 1.54) is 6.20 Å². The average molecular weight is 375 g/mol. The van der Waals surface area contributed by atoms with Crippen molar-refractivity contribution in [3.63, 3.8) is 0 Å². The van der Waals surface area contributed by atoms with Crippen LogP contribution in [0.25, 0.3) is 11.1 Å². The summed E-state index contributed by atoms with van der Waals surface area (Å²) < 4.78 is 21.5. The van der Waals surface area contributed by atoms with E-state index in [0.29, 0.717) is 34.2 Å². The van der Waals surface area contributed by atoms with E-state index < -0.39 is 0 Å². The number of benzene rings is 2. The molecule has 4 rings (SSSR count). The number of fused-ring (bicyclic) bond motifs is 1. The van der Waals surface area contributed by atoms with Crippen LogP contribution >= 0.6 is 0 Å². The van der Waals surface area contributed by atoms with Crippen molar-refractivity contribution in [3.05, 3.63) is 54.4 Å². The Labute approximate surface area is 162 Å². The highest BCUT2D eigenvalue weighted by Gasteiger charge is 2.17. The van der Waals surface area contributed by atoms with Crippen molar-refractivity contribution >= 4 is 11.4 Å². The summed E-state index contributed by atoms with van der Waals surface area (Å²) in [6.07, 6.45) is 3.23. The highest BCUT2D eigenvalue weighted by molar-refractivity contribution is 5.85. The predicted octanol–water partition coefficient (Wildman–Crippen LogP) is 4.11. The van der Waals surface area contributed by atoms with Crippen molar-refractivity contribution in [1.29, 1.82) is 5.26 Å². The van der Waals surface area contributed by atoms with Gasteiger partial charge in [0.25, 0.3) is 0 Å². The number of nitrogens with zero attached hydrogens (tertiary/aromatic N) is 2. The van der Waals surface area contributed by atoms with E-state index in [1.807, 2.05) is 36.4 Å². The van der Waals surface area contributed by atoms with Gasteiger partial charge in [0.15, 0.2) is 23.0 Å². The van der Waals surface area contributed by atoms with Crippen molar-refractivity contribution in [2.24, 2.45) is 0 Å². The minimum Gasteiger partial charge on any atom is -0.493 e. The molecule has 140 valence electrons. The number of aromatic nitrogens is 1. The SMILES string of the molecule is COc1ccc(-c2cncc(C#N)c2Nc2ccc3c(c2)OCO3)cc1OC. The number of hydrogen-bond donors (Lipinski definition) is 1. The predicted molar refractivity (Wildman–Crippen MR) is 103 cm³/mol. The highest BCUT2D eigenvalue weighted by atomic mass is 16.7. The molecular formula is C21H17N3O4. The van der Waals surface area contributed by atoms with Crippen molar-refractivity contribution in [2.75, 3.05) is 26.3 Å². The summed E-state index contributed by atoms with van der Waals surface area (Å²) in [5.41, 5.74) is 3.44. The molecule has 1 aliphatic rings. The van der Waals surface area contributed by atoms with Crippen LogP contribution in [0.1, 0.15) is 5.56 Å². The first-order chi connectivity index (χ1) is 13.7. The molecule has 2 aromatic carbocycles. The Hall–Kier alpha value is -3.92. The second-order valence-electron chi connectivity index (χ2n) is 5.98. The Morgan fingerprint density at radius 1 is 1.00 bits per heavy atom. The van der Waals surface area contributed by atoms with Crippen LogP contribution in [0.3, 0.4) is 0 Å². The molecule has 1 aliphatic heterocycles. The van der Waals surface area contributed by atoms with Gasteiger partial charge < -0.3 is 24.3 Å². The number of anilines is 2. The fourth-order valence-corrected chi connectivity index (χ4v) is 3.02. The van der Waals surface area contributed by atoms with E-state index in [-0.39, 0.29) is 6.79 Å². The maximum Gasteiger partial charge on any atom is 0.231 e. The van der Waals surface area contributed by atoms with E-state index >= 15 is 0 Å². The molecule has 0 unspecified atom stereocenters. The molecule has 28 heavy (non-hydrogen) atoms. The summed E-state index contributed by atoms with van der Waals surface area (Å²) in [6, 6.07) is 13.3. The average Bonchev–Trinajstić information content (AvgIpc) is 3.21. The highest BCUT2D eigenvalue weighted by Crippen LogP contribution is 2.39. The molecule has 0 radical (unpaired) electrons. The first-order valence-electron chi connectivity index (χ1n) is 8.50. The van der Waals surface area contributed by atoms with Crippen LogP contribution in [-0.2, 0) is 0 Å². The molecule has 1 N–H and O–H groups in total. The number of hydrogen-bond acceptors (Lipinski definition) is 7. The first-order valence-corrected chi connectivity index (χ1v) is 8.50. The van der Waals surface area contributed by atoms with Gasteiger partial charge in [0, 0.05) is 29.7 Å². The Morgan fingerprint density at radius 2 is 1.82 bits per heavy atom. The zero-order valence-corrected chi connectivity index (χ0v) is 15.4. The number of nitriles is 1. The molecule has 0 fully saturated rings. The monoisotopic (exact) mass is 375 g/mol. The van der Waals surface area contributed by atoms with Gasteiger partial charge in [-0.15, -0.1) is 0 Å². The number of ether oxygens (including phenoxy) is 4. The molecule has 0 bridgehead atoms. The van der Waals surface area contributed by atoms with Gasteiger partial charge in [0.2, 0.25) is 6.79 Å². The largest absolute Gasteiger partial charge is 0.493 e. The topological polar surface area (TPSA) is 85.6 Å². The number of rotatable bonds is 5. The Bertz CT molecular complexity index is 1080.